The maximum absolute atomic E-state index is 13.4. The number of carbonyl (C=O) groups excluding carboxylic acids is 2. The molecular weight excluding hydrogens is 301 g/mol. The average Bonchev–Trinajstić information content (AvgIpc) is 2.52. The molecule has 2 amide bonds. The summed E-state index contributed by atoms with van der Waals surface area (Å²) in [7, 11) is 1.58. The highest BCUT2D eigenvalue weighted by Gasteiger charge is 2.18. The number of nitrogens with one attached hydrogen (secondary N) is 1. The van der Waals surface area contributed by atoms with Crippen LogP contribution >= 0.6 is 0 Å². The van der Waals surface area contributed by atoms with Crippen LogP contribution in [0.2, 0.25) is 0 Å². The SMILES string of the molecule is CC(C)[C@H](N)C(=O)NCC(=O)N(C)CCOc1ccccc1F. The minimum absolute atomic E-state index is 0.00278. The number of nitrogens with zero attached hydrogens (tertiary/aromatic N) is 1. The Morgan fingerprint density at radius 2 is 2.00 bits per heavy atom. The summed E-state index contributed by atoms with van der Waals surface area (Å²) in [6, 6.07) is 5.42. The minimum Gasteiger partial charge on any atom is -0.489 e. The van der Waals surface area contributed by atoms with Gasteiger partial charge in [0.05, 0.1) is 19.1 Å². The molecule has 0 saturated carbocycles. The monoisotopic (exact) mass is 325 g/mol. The first-order valence-corrected chi connectivity index (χ1v) is 7.47. The van der Waals surface area contributed by atoms with E-state index in [0.717, 1.165) is 0 Å². The van der Waals surface area contributed by atoms with Gasteiger partial charge < -0.3 is 20.7 Å². The van der Waals surface area contributed by atoms with Gasteiger partial charge in [-0.3, -0.25) is 9.59 Å². The molecule has 0 fully saturated rings. The Morgan fingerprint density at radius 1 is 1.35 bits per heavy atom. The largest absolute Gasteiger partial charge is 0.489 e. The first kappa shape index (κ1) is 18.9. The predicted octanol–water partition coefficient (Wildman–Crippen LogP) is 0.762. The zero-order valence-electron chi connectivity index (χ0n) is 13.7. The standard InChI is InChI=1S/C16H24FN3O3/c1-11(2)15(18)16(22)19-10-14(21)20(3)8-9-23-13-7-5-4-6-12(13)17/h4-7,11,15H,8-10,18H2,1-3H3,(H,19,22)/t15-/m0/s1. The zero-order valence-corrected chi connectivity index (χ0v) is 13.7. The molecule has 128 valence electrons. The van der Waals surface area contributed by atoms with Crippen LogP contribution in [0.5, 0.6) is 5.75 Å². The van der Waals surface area contributed by atoms with Gasteiger partial charge in [-0.05, 0) is 18.1 Å². The van der Waals surface area contributed by atoms with E-state index in [2.05, 4.69) is 5.32 Å². The van der Waals surface area contributed by atoms with Crippen LogP contribution in [0.4, 0.5) is 4.39 Å². The molecule has 0 spiro atoms. The molecule has 1 aromatic rings. The molecule has 6 nitrogen and oxygen atoms in total. The molecule has 0 aliphatic carbocycles. The number of ether oxygens (including phenoxy) is 1. The summed E-state index contributed by atoms with van der Waals surface area (Å²) in [6.45, 7) is 3.97. The highest BCUT2D eigenvalue weighted by molar-refractivity contribution is 5.87. The summed E-state index contributed by atoms with van der Waals surface area (Å²) in [5.74, 6) is -0.936. The lowest BCUT2D eigenvalue weighted by atomic mass is 10.1. The van der Waals surface area contributed by atoms with Crippen molar-refractivity contribution in [1.82, 2.24) is 10.2 Å². The Hall–Kier alpha value is -2.15. The number of carbonyl (C=O) groups is 2. The van der Waals surface area contributed by atoms with E-state index in [1.807, 2.05) is 13.8 Å². The summed E-state index contributed by atoms with van der Waals surface area (Å²) in [4.78, 5) is 25.0. The van der Waals surface area contributed by atoms with Crippen LogP contribution in [0.25, 0.3) is 0 Å². The molecule has 0 unspecified atom stereocenters. The molecule has 1 atom stereocenters. The first-order chi connectivity index (χ1) is 10.8. The Balaban J connectivity index is 2.32. The van der Waals surface area contributed by atoms with Crippen molar-refractivity contribution in [3.63, 3.8) is 0 Å². The normalized spacial score (nSPS) is 11.9. The van der Waals surface area contributed by atoms with Crippen molar-refractivity contribution in [1.29, 1.82) is 0 Å². The molecule has 0 heterocycles. The van der Waals surface area contributed by atoms with Gasteiger partial charge in [-0.2, -0.15) is 0 Å². The maximum atomic E-state index is 13.4. The van der Waals surface area contributed by atoms with Gasteiger partial charge >= 0.3 is 0 Å². The van der Waals surface area contributed by atoms with Crippen molar-refractivity contribution < 1.29 is 18.7 Å². The fraction of sp³-hybridized carbons (Fsp3) is 0.500. The van der Waals surface area contributed by atoms with Gasteiger partial charge in [0.15, 0.2) is 11.6 Å². The topological polar surface area (TPSA) is 84.7 Å². The molecule has 0 aliphatic heterocycles. The number of likely N-dealkylation sites (N-methyl/N-ethyl adjacent to an activating group) is 1. The maximum Gasteiger partial charge on any atom is 0.241 e. The second-order valence-corrected chi connectivity index (χ2v) is 5.58. The fourth-order valence-corrected chi connectivity index (χ4v) is 1.70. The molecule has 0 bridgehead atoms. The van der Waals surface area contributed by atoms with E-state index in [1.54, 1.807) is 19.2 Å². The van der Waals surface area contributed by atoms with Crippen LogP contribution in [-0.4, -0.2) is 49.5 Å². The fourth-order valence-electron chi connectivity index (χ4n) is 1.70. The zero-order chi connectivity index (χ0) is 17.4. The molecule has 3 N–H and O–H groups in total. The number of para-hydroxylation sites is 1. The molecule has 0 radical (unpaired) electrons. The summed E-state index contributed by atoms with van der Waals surface area (Å²) in [5.41, 5.74) is 5.69. The van der Waals surface area contributed by atoms with E-state index < -0.39 is 11.9 Å². The number of hydrogen-bond donors (Lipinski definition) is 2. The highest BCUT2D eigenvalue weighted by atomic mass is 19.1. The lowest BCUT2D eigenvalue weighted by Gasteiger charge is -2.19. The van der Waals surface area contributed by atoms with Gasteiger partial charge in [0.25, 0.3) is 0 Å². The summed E-state index contributed by atoms with van der Waals surface area (Å²) >= 11 is 0. The molecule has 0 aliphatic rings. The number of rotatable bonds is 8. The Labute approximate surface area is 135 Å². The van der Waals surface area contributed by atoms with Gasteiger partial charge in [-0.1, -0.05) is 26.0 Å². The van der Waals surface area contributed by atoms with Gasteiger partial charge in [0.2, 0.25) is 11.8 Å². The second-order valence-electron chi connectivity index (χ2n) is 5.58. The van der Waals surface area contributed by atoms with Crippen molar-refractivity contribution in [2.75, 3.05) is 26.7 Å². The third-order valence-corrected chi connectivity index (χ3v) is 3.38. The lowest BCUT2D eigenvalue weighted by Crippen LogP contribution is -2.47. The smallest absolute Gasteiger partial charge is 0.241 e. The number of halogens is 1. The minimum atomic E-state index is -0.641. The van der Waals surface area contributed by atoms with Crippen LogP contribution in [-0.2, 0) is 9.59 Å². The number of amides is 2. The molecular formula is C16H24FN3O3. The van der Waals surface area contributed by atoms with Crippen molar-refractivity contribution >= 4 is 11.8 Å². The highest BCUT2D eigenvalue weighted by Crippen LogP contribution is 2.14. The van der Waals surface area contributed by atoms with E-state index in [9.17, 15) is 14.0 Å². The summed E-state index contributed by atoms with van der Waals surface area (Å²) in [5, 5.41) is 2.51. The summed E-state index contributed by atoms with van der Waals surface area (Å²) in [6.07, 6.45) is 0. The second kappa shape index (κ2) is 9.09. The van der Waals surface area contributed by atoms with Crippen LogP contribution in [0, 0.1) is 11.7 Å². The van der Waals surface area contributed by atoms with Gasteiger partial charge in [0, 0.05) is 7.05 Å². The average molecular weight is 325 g/mol. The van der Waals surface area contributed by atoms with Crippen LogP contribution in [0.3, 0.4) is 0 Å². The van der Waals surface area contributed by atoms with Gasteiger partial charge in [-0.15, -0.1) is 0 Å². The van der Waals surface area contributed by atoms with Gasteiger partial charge in [-0.25, -0.2) is 4.39 Å². The molecule has 1 rings (SSSR count). The van der Waals surface area contributed by atoms with E-state index in [-0.39, 0.29) is 43.2 Å². The van der Waals surface area contributed by atoms with Gasteiger partial charge in [0.1, 0.15) is 6.61 Å². The lowest BCUT2D eigenvalue weighted by molar-refractivity contribution is -0.132. The third-order valence-electron chi connectivity index (χ3n) is 3.38. The first-order valence-electron chi connectivity index (χ1n) is 7.47. The molecule has 0 aromatic heterocycles. The molecule has 7 heteroatoms. The van der Waals surface area contributed by atoms with Crippen molar-refractivity contribution in [2.24, 2.45) is 11.7 Å². The van der Waals surface area contributed by atoms with Crippen molar-refractivity contribution in [2.45, 2.75) is 19.9 Å². The predicted molar refractivity (Wildman–Crippen MR) is 85.4 cm³/mol. The van der Waals surface area contributed by atoms with Crippen molar-refractivity contribution in [3.8, 4) is 5.75 Å². The van der Waals surface area contributed by atoms with E-state index in [0.29, 0.717) is 0 Å². The van der Waals surface area contributed by atoms with Crippen LogP contribution < -0.4 is 15.8 Å². The third kappa shape index (κ3) is 6.23. The molecule has 23 heavy (non-hydrogen) atoms. The number of benzene rings is 1. The molecule has 0 saturated heterocycles. The van der Waals surface area contributed by atoms with E-state index >= 15 is 0 Å². The summed E-state index contributed by atoms with van der Waals surface area (Å²) < 4.78 is 18.6. The Morgan fingerprint density at radius 3 is 2.61 bits per heavy atom. The molecule has 1 aromatic carbocycles. The number of hydrogen-bond acceptors (Lipinski definition) is 4. The van der Waals surface area contributed by atoms with Crippen LogP contribution in [0.15, 0.2) is 24.3 Å². The van der Waals surface area contributed by atoms with Crippen molar-refractivity contribution in [3.05, 3.63) is 30.1 Å². The Kier molecular flexibility index (Phi) is 7.47. The van der Waals surface area contributed by atoms with Crippen LogP contribution in [0.1, 0.15) is 13.8 Å². The number of nitrogens with two attached hydrogens (primary N) is 1. The Bertz CT molecular complexity index is 537. The quantitative estimate of drug-likeness (QED) is 0.739. The van der Waals surface area contributed by atoms with E-state index in [1.165, 1.54) is 17.0 Å². The van der Waals surface area contributed by atoms with E-state index in [4.69, 9.17) is 10.5 Å².